The standard InChI is InChI=1S/C17H21F3N2O3/c18-12-9-14(20)13(19)7-11(12)8-15(21)10-3-5-22(6-4-10)16(23)1-2-17(24)25/h7,9-10,15H,1-6,8,21H2,(H,24,25). The first-order valence-corrected chi connectivity index (χ1v) is 8.16. The van der Waals surface area contributed by atoms with E-state index in [-0.39, 0.29) is 36.7 Å². The maximum Gasteiger partial charge on any atom is 0.303 e. The third-order valence-electron chi connectivity index (χ3n) is 4.60. The highest BCUT2D eigenvalue weighted by Crippen LogP contribution is 2.24. The van der Waals surface area contributed by atoms with Crippen LogP contribution in [0.4, 0.5) is 13.2 Å². The Labute approximate surface area is 143 Å². The van der Waals surface area contributed by atoms with Crippen molar-refractivity contribution in [2.75, 3.05) is 13.1 Å². The van der Waals surface area contributed by atoms with Gasteiger partial charge in [-0.25, -0.2) is 13.2 Å². The van der Waals surface area contributed by atoms with Crippen LogP contribution in [0.5, 0.6) is 0 Å². The molecule has 138 valence electrons. The first-order valence-electron chi connectivity index (χ1n) is 8.16. The van der Waals surface area contributed by atoms with Gasteiger partial charge in [-0.1, -0.05) is 0 Å². The van der Waals surface area contributed by atoms with Crippen LogP contribution in [0.15, 0.2) is 12.1 Å². The van der Waals surface area contributed by atoms with Gasteiger partial charge in [0.1, 0.15) is 5.82 Å². The zero-order valence-electron chi connectivity index (χ0n) is 13.7. The fraction of sp³-hybridized carbons (Fsp3) is 0.529. The second-order valence-corrected chi connectivity index (χ2v) is 6.34. The normalized spacial score (nSPS) is 16.7. The number of nitrogens with zero attached hydrogens (tertiary/aromatic N) is 1. The lowest BCUT2D eigenvalue weighted by Crippen LogP contribution is -2.44. The molecule has 1 heterocycles. The Hall–Kier alpha value is -2.09. The van der Waals surface area contributed by atoms with Crippen LogP contribution in [0.25, 0.3) is 0 Å². The molecule has 1 aromatic carbocycles. The summed E-state index contributed by atoms with van der Waals surface area (Å²) in [5.41, 5.74) is 6.13. The maximum absolute atomic E-state index is 13.7. The lowest BCUT2D eigenvalue weighted by atomic mass is 9.86. The number of likely N-dealkylation sites (tertiary alicyclic amines) is 1. The number of amides is 1. The van der Waals surface area contributed by atoms with Crippen molar-refractivity contribution in [3.05, 3.63) is 35.1 Å². The molecule has 1 unspecified atom stereocenters. The van der Waals surface area contributed by atoms with Crippen LogP contribution in [0.3, 0.4) is 0 Å². The van der Waals surface area contributed by atoms with Crippen LogP contribution >= 0.6 is 0 Å². The first kappa shape index (κ1) is 19.2. The molecular formula is C17H21F3N2O3. The van der Waals surface area contributed by atoms with Crippen molar-refractivity contribution in [1.29, 1.82) is 0 Å². The molecule has 0 radical (unpaired) electrons. The molecule has 1 atom stereocenters. The lowest BCUT2D eigenvalue weighted by Gasteiger charge is -2.35. The van der Waals surface area contributed by atoms with Gasteiger partial charge in [0, 0.05) is 31.6 Å². The van der Waals surface area contributed by atoms with Crippen LogP contribution in [0.1, 0.15) is 31.2 Å². The summed E-state index contributed by atoms with van der Waals surface area (Å²) in [4.78, 5) is 24.0. The summed E-state index contributed by atoms with van der Waals surface area (Å²) in [5.74, 6) is -4.36. The van der Waals surface area contributed by atoms with Crippen molar-refractivity contribution >= 4 is 11.9 Å². The van der Waals surface area contributed by atoms with Gasteiger partial charge in [-0.2, -0.15) is 0 Å². The number of halogens is 3. The second-order valence-electron chi connectivity index (χ2n) is 6.34. The van der Waals surface area contributed by atoms with Crippen LogP contribution in [0.2, 0.25) is 0 Å². The minimum atomic E-state index is -1.23. The molecule has 1 aromatic rings. The Bertz CT molecular complexity index is 646. The zero-order chi connectivity index (χ0) is 18.6. The van der Waals surface area contributed by atoms with Gasteiger partial charge in [-0.05, 0) is 36.8 Å². The Balaban J connectivity index is 1.87. The van der Waals surface area contributed by atoms with Gasteiger partial charge in [-0.15, -0.1) is 0 Å². The van der Waals surface area contributed by atoms with Crippen LogP contribution in [0, 0.1) is 23.4 Å². The molecule has 0 aliphatic carbocycles. The van der Waals surface area contributed by atoms with E-state index in [4.69, 9.17) is 10.8 Å². The number of carboxylic acids is 1. The first-order chi connectivity index (χ1) is 11.8. The summed E-state index contributed by atoms with van der Waals surface area (Å²) in [6.45, 7) is 0.911. The van der Waals surface area contributed by atoms with Gasteiger partial charge in [0.2, 0.25) is 5.91 Å². The molecule has 3 N–H and O–H groups in total. The molecule has 0 bridgehead atoms. The summed E-state index contributed by atoms with van der Waals surface area (Å²) >= 11 is 0. The highest BCUT2D eigenvalue weighted by atomic mass is 19.2. The second kappa shape index (κ2) is 8.33. The molecule has 8 heteroatoms. The summed E-state index contributed by atoms with van der Waals surface area (Å²) in [7, 11) is 0. The van der Waals surface area contributed by atoms with Crippen LogP contribution < -0.4 is 5.73 Å². The minimum absolute atomic E-state index is 0.0241. The molecule has 5 nitrogen and oxygen atoms in total. The van der Waals surface area contributed by atoms with E-state index < -0.39 is 29.5 Å². The molecule has 0 spiro atoms. The predicted molar refractivity (Wildman–Crippen MR) is 84.2 cm³/mol. The smallest absolute Gasteiger partial charge is 0.303 e. The Kier molecular flexibility index (Phi) is 6.41. The monoisotopic (exact) mass is 358 g/mol. The average Bonchev–Trinajstić information content (AvgIpc) is 2.57. The Morgan fingerprint density at radius 1 is 1.12 bits per heavy atom. The predicted octanol–water partition coefficient (Wildman–Crippen LogP) is 2.08. The van der Waals surface area contributed by atoms with Crippen LogP contribution in [-0.4, -0.2) is 41.0 Å². The molecule has 1 aliphatic rings. The molecule has 1 aliphatic heterocycles. The highest BCUT2D eigenvalue weighted by molar-refractivity contribution is 5.80. The number of carbonyl (C=O) groups is 2. The van der Waals surface area contributed by atoms with Crippen molar-refractivity contribution in [3.8, 4) is 0 Å². The molecule has 1 amide bonds. The topological polar surface area (TPSA) is 83.6 Å². The number of hydrogen-bond donors (Lipinski definition) is 2. The van der Waals surface area contributed by atoms with Gasteiger partial charge in [-0.3, -0.25) is 9.59 Å². The molecular weight excluding hydrogens is 337 g/mol. The average molecular weight is 358 g/mol. The summed E-state index contributed by atoms with van der Waals surface area (Å²) in [5, 5.41) is 8.61. The summed E-state index contributed by atoms with van der Waals surface area (Å²) < 4.78 is 39.9. The van der Waals surface area contributed by atoms with Gasteiger partial charge in [0.25, 0.3) is 0 Å². The Morgan fingerprint density at radius 2 is 1.72 bits per heavy atom. The maximum atomic E-state index is 13.7. The molecule has 0 saturated carbocycles. The third-order valence-corrected chi connectivity index (χ3v) is 4.60. The van der Waals surface area contributed by atoms with E-state index in [9.17, 15) is 22.8 Å². The SMILES string of the molecule is NC(Cc1cc(F)c(F)cc1F)C1CCN(C(=O)CCC(=O)O)CC1. The fourth-order valence-corrected chi connectivity index (χ4v) is 3.09. The quantitative estimate of drug-likeness (QED) is 0.763. The van der Waals surface area contributed by atoms with Gasteiger partial charge in [0.15, 0.2) is 11.6 Å². The lowest BCUT2D eigenvalue weighted by molar-refractivity contribution is -0.141. The molecule has 0 aromatic heterocycles. The molecule has 1 saturated heterocycles. The van der Waals surface area contributed by atoms with Gasteiger partial charge >= 0.3 is 5.97 Å². The number of nitrogens with two attached hydrogens (primary N) is 1. The third kappa shape index (κ3) is 5.19. The number of rotatable bonds is 6. The van der Waals surface area contributed by atoms with E-state index >= 15 is 0 Å². The van der Waals surface area contributed by atoms with Crippen LogP contribution in [-0.2, 0) is 16.0 Å². The minimum Gasteiger partial charge on any atom is -0.481 e. The van der Waals surface area contributed by atoms with Crippen molar-refractivity contribution in [3.63, 3.8) is 0 Å². The van der Waals surface area contributed by atoms with Crippen molar-refractivity contribution in [2.45, 2.75) is 38.1 Å². The largest absolute Gasteiger partial charge is 0.481 e. The van der Waals surface area contributed by atoms with E-state index in [0.717, 1.165) is 6.07 Å². The molecule has 1 fully saturated rings. The van der Waals surface area contributed by atoms with E-state index in [1.807, 2.05) is 0 Å². The van der Waals surface area contributed by atoms with E-state index in [0.29, 0.717) is 32.0 Å². The number of aliphatic carboxylic acids is 1. The van der Waals surface area contributed by atoms with Gasteiger partial charge < -0.3 is 15.7 Å². The Morgan fingerprint density at radius 3 is 2.32 bits per heavy atom. The van der Waals surface area contributed by atoms with Gasteiger partial charge in [0.05, 0.1) is 6.42 Å². The number of benzene rings is 1. The molecule has 2 rings (SSSR count). The molecule has 25 heavy (non-hydrogen) atoms. The van der Waals surface area contributed by atoms with Crippen molar-refractivity contribution in [1.82, 2.24) is 4.90 Å². The van der Waals surface area contributed by atoms with E-state index in [2.05, 4.69) is 0 Å². The van der Waals surface area contributed by atoms with Crippen molar-refractivity contribution < 1.29 is 27.9 Å². The summed E-state index contributed by atoms with van der Waals surface area (Å²) in [6, 6.07) is 0.909. The fourth-order valence-electron chi connectivity index (χ4n) is 3.09. The highest BCUT2D eigenvalue weighted by Gasteiger charge is 2.27. The summed E-state index contributed by atoms with van der Waals surface area (Å²) in [6.07, 6.45) is 1.05. The number of carboxylic acid groups (broad SMARTS) is 1. The number of piperidine rings is 1. The zero-order valence-corrected chi connectivity index (χ0v) is 13.7. The van der Waals surface area contributed by atoms with E-state index in [1.165, 1.54) is 0 Å². The number of carbonyl (C=O) groups excluding carboxylic acids is 1. The number of hydrogen-bond acceptors (Lipinski definition) is 3. The van der Waals surface area contributed by atoms with E-state index in [1.54, 1.807) is 4.90 Å². The van der Waals surface area contributed by atoms with Crippen molar-refractivity contribution in [2.24, 2.45) is 11.7 Å².